The maximum Gasteiger partial charge on any atom is 0.169 e. The van der Waals surface area contributed by atoms with Gasteiger partial charge in [-0.1, -0.05) is 23.4 Å². The van der Waals surface area contributed by atoms with Crippen LogP contribution >= 0.6 is 24.0 Å². The summed E-state index contributed by atoms with van der Waals surface area (Å²) in [6.07, 6.45) is 0. The van der Waals surface area contributed by atoms with E-state index in [0.29, 0.717) is 0 Å². The van der Waals surface area contributed by atoms with Gasteiger partial charge in [-0.25, -0.2) is 0 Å². The number of hydrogen-bond donors (Lipinski definition) is 1. The molecule has 0 atom stereocenters. The number of thiocarbonyl (C=S) groups is 1. The molecule has 0 unspecified atom stereocenters. The van der Waals surface area contributed by atoms with Gasteiger partial charge in [-0.05, 0) is 31.3 Å². The van der Waals surface area contributed by atoms with Gasteiger partial charge >= 0.3 is 0 Å². The van der Waals surface area contributed by atoms with Crippen molar-refractivity contribution in [2.24, 2.45) is 0 Å². The van der Waals surface area contributed by atoms with E-state index in [1.54, 1.807) is 0 Å². The smallest absolute Gasteiger partial charge is 0.169 e. The summed E-state index contributed by atoms with van der Waals surface area (Å²) < 4.78 is 5.13. The molecule has 0 bridgehead atoms. The summed E-state index contributed by atoms with van der Waals surface area (Å²) in [4.78, 5) is 5.95. The van der Waals surface area contributed by atoms with Crippen molar-refractivity contribution >= 4 is 29.1 Å². The van der Waals surface area contributed by atoms with Crippen LogP contribution in [-0.2, 0) is 6.54 Å². The quantitative estimate of drug-likeness (QED) is 0.472. The largest absolute Gasteiger partial charge is 0.362 e. The van der Waals surface area contributed by atoms with Crippen LogP contribution in [0.3, 0.4) is 0 Å². The maximum absolute atomic E-state index is 5.54. The summed E-state index contributed by atoms with van der Waals surface area (Å²) in [6, 6.07) is 12.5. The molecule has 1 aliphatic rings. The maximum atomic E-state index is 5.54. The standard InChI is InChI=1S/C18H24N4OS2/c1-15-13-16(20-23-15)14-21-8-10-22(11-9-21)18(24)19-7-12-25-17-5-3-2-4-6-17/h2-6,13H,7-12,14H2,1H3,(H,19,24). The summed E-state index contributed by atoms with van der Waals surface area (Å²) in [6.45, 7) is 7.55. The highest BCUT2D eigenvalue weighted by Crippen LogP contribution is 2.16. The molecule has 0 aliphatic carbocycles. The van der Waals surface area contributed by atoms with Gasteiger partial charge in [0.2, 0.25) is 0 Å². The molecule has 2 aromatic rings. The molecule has 0 radical (unpaired) electrons. The molecule has 25 heavy (non-hydrogen) atoms. The molecular formula is C18H24N4OS2. The minimum atomic E-state index is 0.846. The molecule has 1 aromatic carbocycles. The summed E-state index contributed by atoms with van der Waals surface area (Å²) in [5.74, 6) is 1.88. The Morgan fingerprint density at radius 2 is 2.00 bits per heavy atom. The summed E-state index contributed by atoms with van der Waals surface area (Å²) in [5.41, 5.74) is 1.00. The molecule has 1 N–H and O–H groups in total. The first kappa shape index (κ1) is 18.2. The molecule has 3 rings (SSSR count). The number of nitrogens with zero attached hydrogens (tertiary/aromatic N) is 3. The van der Waals surface area contributed by atoms with Crippen molar-refractivity contribution in [3.63, 3.8) is 0 Å². The van der Waals surface area contributed by atoms with Crippen LogP contribution in [0.4, 0.5) is 0 Å². The van der Waals surface area contributed by atoms with Crippen molar-refractivity contribution in [2.75, 3.05) is 38.5 Å². The molecule has 134 valence electrons. The number of nitrogens with one attached hydrogen (secondary N) is 1. The van der Waals surface area contributed by atoms with Crippen LogP contribution in [0.15, 0.2) is 45.8 Å². The van der Waals surface area contributed by atoms with Crippen LogP contribution < -0.4 is 5.32 Å². The van der Waals surface area contributed by atoms with Gasteiger partial charge in [-0.2, -0.15) is 0 Å². The van der Waals surface area contributed by atoms with Crippen molar-refractivity contribution < 1.29 is 4.52 Å². The Labute approximate surface area is 158 Å². The molecule has 0 saturated carbocycles. The van der Waals surface area contributed by atoms with Gasteiger partial charge in [0, 0.05) is 56.0 Å². The zero-order valence-electron chi connectivity index (χ0n) is 14.5. The Kier molecular flexibility index (Phi) is 6.72. The van der Waals surface area contributed by atoms with Crippen molar-refractivity contribution in [3.8, 4) is 0 Å². The zero-order chi connectivity index (χ0) is 17.5. The first-order valence-corrected chi connectivity index (χ1v) is 9.95. The second-order valence-corrected chi connectivity index (χ2v) is 7.64. The third-order valence-corrected chi connectivity index (χ3v) is 5.53. The van der Waals surface area contributed by atoms with E-state index >= 15 is 0 Å². The minimum absolute atomic E-state index is 0.846. The number of benzene rings is 1. The number of thioether (sulfide) groups is 1. The predicted octanol–water partition coefficient (Wildman–Crippen LogP) is 2.77. The van der Waals surface area contributed by atoms with Crippen LogP contribution in [0.1, 0.15) is 11.5 Å². The van der Waals surface area contributed by atoms with E-state index in [4.69, 9.17) is 16.7 Å². The first-order valence-electron chi connectivity index (χ1n) is 8.56. The van der Waals surface area contributed by atoms with Gasteiger partial charge in [0.25, 0.3) is 0 Å². The van der Waals surface area contributed by atoms with Gasteiger partial charge in [-0.15, -0.1) is 11.8 Å². The Morgan fingerprint density at radius 3 is 2.68 bits per heavy atom. The van der Waals surface area contributed by atoms with Crippen LogP contribution in [0.25, 0.3) is 0 Å². The van der Waals surface area contributed by atoms with Gasteiger partial charge in [0.05, 0.1) is 5.69 Å². The van der Waals surface area contributed by atoms with Crippen LogP contribution in [0.5, 0.6) is 0 Å². The number of aryl methyl sites for hydroxylation is 1. The number of hydrogen-bond acceptors (Lipinski definition) is 5. The Morgan fingerprint density at radius 1 is 1.24 bits per heavy atom. The second kappa shape index (κ2) is 9.22. The SMILES string of the molecule is Cc1cc(CN2CCN(C(=S)NCCSc3ccccc3)CC2)no1. The molecule has 1 saturated heterocycles. The van der Waals surface area contributed by atoms with E-state index in [1.807, 2.05) is 30.8 Å². The van der Waals surface area contributed by atoms with E-state index < -0.39 is 0 Å². The number of rotatable bonds is 6. The average molecular weight is 377 g/mol. The van der Waals surface area contributed by atoms with Gasteiger partial charge in [0.1, 0.15) is 5.76 Å². The summed E-state index contributed by atoms with van der Waals surface area (Å²) in [5, 5.41) is 8.32. The average Bonchev–Trinajstić information content (AvgIpc) is 3.05. The lowest BCUT2D eigenvalue weighted by Gasteiger charge is -2.35. The lowest BCUT2D eigenvalue weighted by Crippen LogP contribution is -2.51. The Hall–Kier alpha value is -1.57. The molecule has 0 amide bonds. The minimum Gasteiger partial charge on any atom is -0.362 e. The van der Waals surface area contributed by atoms with E-state index in [-0.39, 0.29) is 0 Å². The first-order chi connectivity index (χ1) is 12.2. The molecular weight excluding hydrogens is 352 g/mol. The molecule has 5 nitrogen and oxygen atoms in total. The van der Waals surface area contributed by atoms with E-state index in [0.717, 1.165) is 61.6 Å². The van der Waals surface area contributed by atoms with E-state index in [9.17, 15) is 0 Å². The van der Waals surface area contributed by atoms with E-state index in [2.05, 4.69) is 44.5 Å². The van der Waals surface area contributed by atoms with Crippen LogP contribution in [-0.4, -0.2) is 58.5 Å². The van der Waals surface area contributed by atoms with Gasteiger partial charge in [0.15, 0.2) is 5.11 Å². The predicted molar refractivity (Wildman–Crippen MR) is 106 cm³/mol. The van der Waals surface area contributed by atoms with Crippen molar-refractivity contribution in [3.05, 3.63) is 47.9 Å². The number of piperazine rings is 1. The Balaban J connectivity index is 1.32. The van der Waals surface area contributed by atoms with Crippen LogP contribution in [0, 0.1) is 6.92 Å². The van der Waals surface area contributed by atoms with Crippen LogP contribution in [0.2, 0.25) is 0 Å². The highest BCUT2D eigenvalue weighted by Gasteiger charge is 2.19. The fourth-order valence-electron chi connectivity index (χ4n) is 2.79. The third kappa shape index (κ3) is 5.73. The molecule has 1 fully saturated rings. The molecule has 7 heteroatoms. The Bertz CT molecular complexity index is 669. The van der Waals surface area contributed by atoms with Gasteiger partial charge in [-0.3, -0.25) is 4.90 Å². The molecule has 1 aromatic heterocycles. The zero-order valence-corrected chi connectivity index (χ0v) is 16.1. The monoisotopic (exact) mass is 376 g/mol. The lowest BCUT2D eigenvalue weighted by atomic mass is 10.3. The molecule has 2 heterocycles. The third-order valence-electron chi connectivity index (χ3n) is 4.11. The summed E-state index contributed by atoms with van der Waals surface area (Å²) in [7, 11) is 0. The van der Waals surface area contributed by atoms with Crippen molar-refractivity contribution in [2.45, 2.75) is 18.4 Å². The molecule has 0 spiro atoms. The highest BCUT2D eigenvalue weighted by molar-refractivity contribution is 7.99. The van der Waals surface area contributed by atoms with Crippen molar-refractivity contribution in [1.82, 2.24) is 20.3 Å². The fraction of sp³-hybridized carbons (Fsp3) is 0.444. The lowest BCUT2D eigenvalue weighted by molar-refractivity contribution is 0.171. The highest BCUT2D eigenvalue weighted by atomic mass is 32.2. The fourth-order valence-corrected chi connectivity index (χ4v) is 3.86. The normalized spacial score (nSPS) is 15.3. The van der Waals surface area contributed by atoms with Gasteiger partial charge < -0.3 is 14.7 Å². The topological polar surface area (TPSA) is 44.5 Å². The van der Waals surface area contributed by atoms with E-state index in [1.165, 1.54) is 4.90 Å². The molecule has 1 aliphatic heterocycles. The second-order valence-electron chi connectivity index (χ2n) is 6.09. The van der Waals surface area contributed by atoms with Crippen molar-refractivity contribution in [1.29, 1.82) is 0 Å². The summed E-state index contributed by atoms with van der Waals surface area (Å²) >= 11 is 7.38. The number of aromatic nitrogens is 1.